The van der Waals surface area contributed by atoms with E-state index < -0.39 is 0 Å². The minimum Gasteiger partial charge on any atom is -0.494 e. The van der Waals surface area contributed by atoms with Gasteiger partial charge in [-0.3, -0.25) is 4.98 Å². The molecule has 0 saturated carbocycles. The highest BCUT2D eigenvalue weighted by molar-refractivity contribution is 5.86. The summed E-state index contributed by atoms with van der Waals surface area (Å²) < 4.78 is 5.40. The first kappa shape index (κ1) is 16.9. The van der Waals surface area contributed by atoms with E-state index in [1.165, 1.54) is 5.56 Å². The first-order valence-electron chi connectivity index (χ1n) is 7.97. The molecule has 0 bridgehead atoms. The molecule has 0 N–H and O–H groups in total. The Morgan fingerprint density at radius 2 is 1.70 bits per heavy atom. The van der Waals surface area contributed by atoms with Crippen molar-refractivity contribution in [2.45, 2.75) is 33.6 Å². The molecule has 2 heterocycles. The van der Waals surface area contributed by atoms with E-state index in [-0.39, 0.29) is 0 Å². The van der Waals surface area contributed by atoms with Crippen LogP contribution in [0, 0.1) is 6.92 Å². The van der Waals surface area contributed by atoms with E-state index >= 15 is 0 Å². The van der Waals surface area contributed by atoms with Crippen molar-refractivity contribution in [1.82, 2.24) is 15.0 Å². The third-order valence-electron chi connectivity index (χ3n) is 3.53. The standard InChI is InChI=1S/C17H17N3O.C2H6/c1-12-14-4-3-5-15(21-2)17(14)20-16(19-12)7-6-13-8-10-18-11-9-13;1-2/h3-5,8-11H,6-7H2,1-2H3;1-2H3. The maximum atomic E-state index is 5.40. The maximum absolute atomic E-state index is 5.40. The number of hydrogen-bond donors (Lipinski definition) is 0. The summed E-state index contributed by atoms with van der Waals surface area (Å²) in [6.45, 7) is 6.01. The van der Waals surface area contributed by atoms with Crippen LogP contribution in [-0.2, 0) is 12.8 Å². The molecule has 0 saturated heterocycles. The third-order valence-corrected chi connectivity index (χ3v) is 3.53. The van der Waals surface area contributed by atoms with Gasteiger partial charge in [-0.2, -0.15) is 0 Å². The number of methoxy groups -OCH3 is 1. The van der Waals surface area contributed by atoms with Crippen LogP contribution in [0.5, 0.6) is 5.75 Å². The first-order chi connectivity index (χ1) is 11.3. The van der Waals surface area contributed by atoms with Crippen LogP contribution in [-0.4, -0.2) is 22.1 Å². The Kier molecular flexibility index (Phi) is 6.03. The van der Waals surface area contributed by atoms with E-state index in [0.29, 0.717) is 0 Å². The summed E-state index contributed by atoms with van der Waals surface area (Å²) in [5.41, 5.74) is 3.12. The molecular formula is C19H23N3O. The van der Waals surface area contributed by atoms with E-state index in [1.54, 1.807) is 7.11 Å². The van der Waals surface area contributed by atoms with Crippen molar-refractivity contribution in [2.24, 2.45) is 0 Å². The van der Waals surface area contributed by atoms with Crippen LogP contribution in [0.15, 0.2) is 42.7 Å². The fourth-order valence-corrected chi connectivity index (χ4v) is 2.42. The molecule has 0 aliphatic rings. The summed E-state index contributed by atoms with van der Waals surface area (Å²) in [4.78, 5) is 13.3. The number of benzene rings is 1. The molecule has 3 aromatic rings. The molecule has 3 rings (SSSR count). The smallest absolute Gasteiger partial charge is 0.145 e. The SMILES string of the molecule is CC.COc1cccc2c(C)nc(CCc3ccncc3)nc12. The second kappa shape index (κ2) is 8.22. The van der Waals surface area contributed by atoms with Gasteiger partial charge in [0.1, 0.15) is 17.1 Å². The molecule has 0 amide bonds. The van der Waals surface area contributed by atoms with Crippen molar-refractivity contribution in [3.05, 3.63) is 59.8 Å². The summed E-state index contributed by atoms with van der Waals surface area (Å²) in [6.07, 6.45) is 5.33. The quantitative estimate of drug-likeness (QED) is 0.726. The fraction of sp³-hybridized carbons (Fsp3) is 0.316. The zero-order valence-electron chi connectivity index (χ0n) is 14.2. The van der Waals surface area contributed by atoms with Crippen LogP contribution in [0.2, 0.25) is 0 Å². The summed E-state index contributed by atoms with van der Waals surface area (Å²) in [5.74, 6) is 1.64. The van der Waals surface area contributed by atoms with Gasteiger partial charge in [0.2, 0.25) is 0 Å². The van der Waals surface area contributed by atoms with Crippen molar-refractivity contribution in [3.63, 3.8) is 0 Å². The van der Waals surface area contributed by atoms with Crippen LogP contribution >= 0.6 is 0 Å². The molecule has 0 unspecified atom stereocenters. The molecule has 4 nitrogen and oxygen atoms in total. The van der Waals surface area contributed by atoms with Gasteiger partial charge in [0.05, 0.1) is 7.11 Å². The van der Waals surface area contributed by atoms with E-state index in [4.69, 9.17) is 4.74 Å². The minimum atomic E-state index is 0.795. The molecule has 0 spiro atoms. The van der Waals surface area contributed by atoms with Gasteiger partial charge in [-0.15, -0.1) is 0 Å². The Bertz CT molecular complexity index is 757. The number of fused-ring (bicyclic) bond motifs is 1. The number of pyridine rings is 1. The number of hydrogen-bond acceptors (Lipinski definition) is 4. The lowest BCUT2D eigenvalue weighted by molar-refractivity contribution is 0.418. The Labute approximate surface area is 137 Å². The highest BCUT2D eigenvalue weighted by Gasteiger charge is 2.09. The van der Waals surface area contributed by atoms with Crippen molar-refractivity contribution in [1.29, 1.82) is 0 Å². The van der Waals surface area contributed by atoms with Crippen LogP contribution in [0.1, 0.15) is 30.9 Å². The molecule has 1 aromatic carbocycles. The molecule has 0 radical (unpaired) electrons. The summed E-state index contributed by atoms with van der Waals surface area (Å²) in [5, 5.41) is 1.04. The number of para-hydroxylation sites is 1. The van der Waals surface area contributed by atoms with Gasteiger partial charge in [0.25, 0.3) is 0 Å². The monoisotopic (exact) mass is 309 g/mol. The minimum absolute atomic E-state index is 0.795. The second-order valence-electron chi connectivity index (χ2n) is 4.94. The van der Waals surface area contributed by atoms with Gasteiger partial charge in [-0.25, -0.2) is 9.97 Å². The van der Waals surface area contributed by atoms with Crippen LogP contribution < -0.4 is 4.74 Å². The highest BCUT2D eigenvalue weighted by Crippen LogP contribution is 2.25. The number of ether oxygens (including phenoxy) is 1. The number of rotatable bonds is 4. The predicted octanol–water partition coefficient (Wildman–Crippen LogP) is 4.15. The molecule has 120 valence electrons. The average Bonchev–Trinajstić information content (AvgIpc) is 2.62. The van der Waals surface area contributed by atoms with E-state index in [9.17, 15) is 0 Å². The molecule has 2 aromatic heterocycles. The Hall–Kier alpha value is -2.49. The zero-order valence-corrected chi connectivity index (χ0v) is 14.2. The van der Waals surface area contributed by atoms with Crippen LogP contribution in [0.3, 0.4) is 0 Å². The predicted molar refractivity (Wildman–Crippen MR) is 93.8 cm³/mol. The Morgan fingerprint density at radius 3 is 2.39 bits per heavy atom. The van der Waals surface area contributed by atoms with Gasteiger partial charge in [0, 0.05) is 29.9 Å². The lowest BCUT2D eigenvalue weighted by Crippen LogP contribution is -2.02. The zero-order chi connectivity index (χ0) is 16.7. The van der Waals surface area contributed by atoms with E-state index in [1.807, 2.05) is 63.5 Å². The maximum Gasteiger partial charge on any atom is 0.145 e. The number of nitrogens with zero attached hydrogens (tertiary/aromatic N) is 3. The van der Waals surface area contributed by atoms with Crippen LogP contribution in [0.4, 0.5) is 0 Å². The fourth-order valence-electron chi connectivity index (χ4n) is 2.42. The number of aryl methyl sites for hydroxylation is 3. The Morgan fingerprint density at radius 1 is 0.957 bits per heavy atom. The molecule has 0 aliphatic heterocycles. The number of aromatic nitrogens is 3. The largest absolute Gasteiger partial charge is 0.494 e. The van der Waals surface area contributed by atoms with Gasteiger partial charge in [-0.05, 0) is 37.1 Å². The average molecular weight is 309 g/mol. The first-order valence-corrected chi connectivity index (χ1v) is 7.97. The molecular weight excluding hydrogens is 286 g/mol. The normalized spacial score (nSPS) is 10.1. The molecule has 23 heavy (non-hydrogen) atoms. The van der Waals surface area contributed by atoms with Crippen LogP contribution in [0.25, 0.3) is 10.9 Å². The summed E-state index contributed by atoms with van der Waals surface area (Å²) >= 11 is 0. The molecule has 0 aliphatic carbocycles. The third kappa shape index (κ3) is 4.03. The lowest BCUT2D eigenvalue weighted by atomic mass is 10.1. The lowest BCUT2D eigenvalue weighted by Gasteiger charge is -2.09. The molecule has 0 fully saturated rings. The summed E-state index contributed by atoms with van der Waals surface area (Å²) in [7, 11) is 1.67. The van der Waals surface area contributed by atoms with Crippen molar-refractivity contribution in [2.75, 3.05) is 7.11 Å². The van der Waals surface area contributed by atoms with Crippen molar-refractivity contribution >= 4 is 10.9 Å². The van der Waals surface area contributed by atoms with E-state index in [2.05, 4.69) is 15.0 Å². The summed E-state index contributed by atoms with van der Waals surface area (Å²) in [6, 6.07) is 9.97. The molecule has 0 atom stereocenters. The van der Waals surface area contributed by atoms with E-state index in [0.717, 1.165) is 41.0 Å². The van der Waals surface area contributed by atoms with Crippen molar-refractivity contribution in [3.8, 4) is 5.75 Å². The Balaban J connectivity index is 0.000000924. The molecule has 4 heteroatoms. The van der Waals surface area contributed by atoms with Gasteiger partial charge >= 0.3 is 0 Å². The van der Waals surface area contributed by atoms with Crippen molar-refractivity contribution < 1.29 is 4.74 Å². The van der Waals surface area contributed by atoms with Gasteiger partial charge in [-0.1, -0.05) is 26.0 Å². The van der Waals surface area contributed by atoms with Gasteiger partial charge < -0.3 is 4.74 Å². The van der Waals surface area contributed by atoms with Gasteiger partial charge in [0.15, 0.2) is 0 Å². The second-order valence-corrected chi connectivity index (χ2v) is 4.94. The highest BCUT2D eigenvalue weighted by atomic mass is 16.5. The topological polar surface area (TPSA) is 47.9 Å².